The molecule has 1 aromatic rings. The molecule has 0 aromatic heterocycles. The molecule has 1 N–H and O–H groups in total. The summed E-state index contributed by atoms with van der Waals surface area (Å²) >= 11 is 0. The van der Waals surface area contributed by atoms with Crippen LogP contribution in [-0.2, 0) is 11.8 Å². The maximum absolute atomic E-state index is 12.6. The number of nitrogens with zero attached hydrogens (tertiary/aromatic N) is 2. The van der Waals surface area contributed by atoms with Gasteiger partial charge in [-0.2, -0.15) is 0 Å². The summed E-state index contributed by atoms with van der Waals surface area (Å²) < 4.78 is 0. The van der Waals surface area contributed by atoms with Gasteiger partial charge in [-0.25, -0.2) is 4.79 Å². The number of nitrogens with one attached hydrogen (secondary N) is 1. The number of likely N-dealkylation sites (tertiary alicyclic amines) is 1. The van der Waals surface area contributed by atoms with Crippen molar-refractivity contribution in [3.05, 3.63) is 47.5 Å². The molecule has 1 saturated heterocycles. The molecule has 2 heterocycles. The Morgan fingerprint density at radius 1 is 1.24 bits per heavy atom. The second kappa shape index (κ2) is 5.87. The predicted octanol–water partition coefficient (Wildman–Crippen LogP) is 2.55. The first kappa shape index (κ1) is 15.4. The van der Waals surface area contributed by atoms with E-state index in [0.717, 1.165) is 39.1 Å². The molecule has 2 amide bonds. The van der Waals surface area contributed by atoms with Crippen LogP contribution in [0.5, 0.6) is 0 Å². The van der Waals surface area contributed by atoms with Crippen LogP contribution in [0.1, 0.15) is 30.4 Å². The van der Waals surface area contributed by atoms with Crippen molar-refractivity contribution in [3.63, 3.8) is 0 Å². The highest BCUT2D eigenvalue weighted by Crippen LogP contribution is 2.61. The van der Waals surface area contributed by atoms with Gasteiger partial charge >= 0.3 is 6.03 Å². The predicted molar refractivity (Wildman–Crippen MR) is 98.6 cm³/mol. The fourth-order valence-corrected chi connectivity index (χ4v) is 5.34. The largest absolute Gasteiger partial charge is 0.338 e. The standard InChI is InChI=1S/C21H27N3O/c25-20(24-12-8-18(15-24)23-10-3-4-11-23)22-14-17-13-21(17)9-7-16-5-1-2-6-19(16)21/h1-6,17-18H,7-15H2,(H,22,25)/t17-,18-,21+/m0/s1. The molecule has 2 fully saturated rings. The number of carbonyl (C=O) groups is 1. The zero-order chi connectivity index (χ0) is 16.9. The Morgan fingerprint density at radius 3 is 2.96 bits per heavy atom. The quantitative estimate of drug-likeness (QED) is 0.861. The maximum atomic E-state index is 12.6. The molecule has 132 valence electrons. The SMILES string of the molecule is O=C(NC[C@@H]1C[C@]12CCc1ccccc12)N1CC[C@H](N2CC=CC2)C1. The lowest BCUT2D eigenvalue weighted by Gasteiger charge is -2.24. The van der Waals surface area contributed by atoms with Crippen molar-refractivity contribution >= 4 is 6.03 Å². The first-order chi connectivity index (χ1) is 12.3. The third-order valence-electron chi connectivity index (χ3n) is 6.94. The Kier molecular flexibility index (Phi) is 3.63. The van der Waals surface area contributed by atoms with E-state index in [2.05, 4.69) is 46.6 Å². The molecule has 0 bridgehead atoms. The van der Waals surface area contributed by atoms with Gasteiger partial charge in [0, 0.05) is 44.2 Å². The maximum Gasteiger partial charge on any atom is 0.317 e. The van der Waals surface area contributed by atoms with Gasteiger partial charge in [-0.05, 0) is 42.7 Å². The molecule has 3 atom stereocenters. The lowest BCUT2D eigenvalue weighted by atomic mass is 9.95. The number of carbonyl (C=O) groups excluding carboxylic acids is 1. The van der Waals surface area contributed by atoms with E-state index < -0.39 is 0 Å². The van der Waals surface area contributed by atoms with Crippen molar-refractivity contribution in [1.29, 1.82) is 0 Å². The zero-order valence-corrected chi connectivity index (χ0v) is 14.8. The van der Waals surface area contributed by atoms with Gasteiger partial charge in [-0.3, -0.25) is 4.90 Å². The van der Waals surface area contributed by atoms with E-state index in [1.807, 2.05) is 4.90 Å². The topological polar surface area (TPSA) is 35.6 Å². The number of hydrogen-bond donors (Lipinski definition) is 1. The Morgan fingerprint density at radius 2 is 2.08 bits per heavy atom. The molecule has 0 radical (unpaired) electrons. The highest BCUT2D eigenvalue weighted by molar-refractivity contribution is 5.74. The Labute approximate surface area is 149 Å². The van der Waals surface area contributed by atoms with Crippen LogP contribution in [0.3, 0.4) is 0 Å². The van der Waals surface area contributed by atoms with Crippen LogP contribution in [0, 0.1) is 5.92 Å². The summed E-state index contributed by atoms with van der Waals surface area (Å²) in [4.78, 5) is 17.1. The summed E-state index contributed by atoms with van der Waals surface area (Å²) in [6.45, 7) is 4.70. The van der Waals surface area contributed by atoms with E-state index >= 15 is 0 Å². The fourth-order valence-electron chi connectivity index (χ4n) is 5.34. The summed E-state index contributed by atoms with van der Waals surface area (Å²) in [6.07, 6.45) is 9.28. The van der Waals surface area contributed by atoms with Crippen LogP contribution in [0.25, 0.3) is 0 Å². The molecule has 5 rings (SSSR count). The fraction of sp³-hybridized carbons (Fsp3) is 0.571. The van der Waals surface area contributed by atoms with Crippen molar-refractivity contribution in [1.82, 2.24) is 15.1 Å². The zero-order valence-electron chi connectivity index (χ0n) is 14.8. The van der Waals surface area contributed by atoms with Crippen molar-refractivity contribution < 1.29 is 4.79 Å². The first-order valence-corrected chi connectivity index (χ1v) is 9.76. The number of aryl methyl sites for hydroxylation is 1. The number of amides is 2. The Balaban J connectivity index is 1.14. The minimum absolute atomic E-state index is 0.142. The molecular weight excluding hydrogens is 310 g/mol. The van der Waals surface area contributed by atoms with Gasteiger partial charge in [0.2, 0.25) is 0 Å². The van der Waals surface area contributed by atoms with Gasteiger partial charge in [-0.15, -0.1) is 0 Å². The van der Waals surface area contributed by atoms with Crippen LogP contribution in [0.15, 0.2) is 36.4 Å². The molecule has 1 aromatic carbocycles. The molecule has 4 aliphatic rings. The molecule has 4 heteroatoms. The van der Waals surface area contributed by atoms with Crippen LogP contribution < -0.4 is 5.32 Å². The van der Waals surface area contributed by atoms with Crippen molar-refractivity contribution in [2.24, 2.45) is 5.92 Å². The minimum atomic E-state index is 0.142. The number of fused-ring (bicyclic) bond motifs is 2. The number of hydrogen-bond acceptors (Lipinski definition) is 2. The number of benzene rings is 1. The van der Waals surface area contributed by atoms with Gasteiger partial charge in [0.15, 0.2) is 0 Å². The monoisotopic (exact) mass is 337 g/mol. The lowest BCUT2D eigenvalue weighted by Crippen LogP contribution is -2.42. The molecule has 4 nitrogen and oxygen atoms in total. The Bertz CT molecular complexity index is 707. The average molecular weight is 337 g/mol. The summed E-state index contributed by atoms with van der Waals surface area (Å²) in [5, 5.41) is 3.23. The van der Waals surface area contributed by atoms with E-state index in [9.17, 15) is 4.79 Å². The van der Waals surface area contributed by atoms with E-state index in [1.54, 1.807) is 5.56 Å². The third kappa shape index (κ3) is 2.58. The van der Waals surface area contributed by atoms with Gasteiger partial charge in [-0.1, -0.05) is 36.4 Å². The van der Waals surface area contributed by atoms with Gasteiger partial charge in [0.25, 0.3) is 0 Å². The highest BCUT2D eigenvalue weighted by atomic mass is 16.2. The van der Waals surface area contributed by atoms with E-state index in [4.69, 9.17) is 0 Å². The number of rotatable bonds is 3. The average Bonchev–Trinajstić information content (AvgIpc) is 3.08. The van der Waals surface area contributed by atoms with Gasteiger partial charge < -0.3 is 10.2 Å². The smallest absolute Gasteiger partial charge is 0.317 e. The summed E-state index contributed by atoms with van der Waals surface area (Å²) in [7, 11) is 0. The first-order valence-electron chi connectivity index (χ1n) is 9.76. The van der Waals surface area contributed by atoms with E-state index in [-0.39, 0.29) is 6.03 Å². The van der Waals surface area contributed by atoms with Crippen molar-refractivity contribution in [3.8, 4) is 0 Å². The van der Waals surface area contributed by atoms with Crippen LogP contribution in [0.4, 0.5) is 4.79 Å². The lowest BCUT2D eigenvalue weighted by molar-refractivity contribution is 0.199. The van der Waals surface area contributed by atoms with E-state index in [1.165, 1.54) is 24.8 Å². The summed E-state index contributed by atoms with van der Waals surface area (Å²) in [5.74, 6) is 0.626. The summed E-state index contributed by atoms with van der Waals surface area (Å²) in [5.41, 5.74) is 3.45. The third-order valence-corrected chi connectivity index (χ3v) is 6.94. The minimum Gasteiger partial charge on any atom is -0.338 e. The highest BCUT2D eigenvalue weighted by Gasteiger charge is 2.57. The summed E-state index contributed by atoms with van der Waals surface area (Å²) in [6, 6.07) is 9.57. The van der Waals surface area contributed by atoms with Crippen LogP contribution in [0.2, 0.25) is 0 Å². The number of urea groups is 1. The molecule has 25 heavy (non-hydrogen) atoms. The van der Waals surface area contributed by atoms with Gasteiger partial charge in [0.1, 0.15) is 0 Å². The Hall–Kier alpha value is -1.81. The van der Waals surface area contributed by atoms with Crippen molar-refractivity contribution in [2.45, 2.75) is 37.1 Å². The van der Waals surface area contributed by atoms with Crippen LogP contribution in [-0.4, -0.2) is 54.6 Å². The van der Waals surface area contributed by atoms with E-state index in [0.29, 0.717) is 17.4 Å². The van der Waals surface area contributed by atoms with Crippen LogP contribution >= 0.6 is 0 Å². The second-order valence-electron chi connectivity index (χ2n) is 8.21. The molecular formula is C21H27N3O. The molecule has 1 saturated carbocycles. The van der Waals surface area contributed by atoms with Crippen molar-refractivity contribution in [2.75, 3.05) is 32.7 Å². The molecule has 0 unspecified atom stereocenters. The second-order valence-corrected chi connectivity index (χ2v) is 8.21. The molecule has 2 aliphatic heterocycles. The van der Waals surface area contributed by atoms with Gasteiger partial charge in [0.05, 0.1) is 0 Å². The molecule has 1 spiro atoms. The normalized spacial score (nSPS) is 33.2. The molecule has 2 aliphatic carbocycles.